The second kappa shape index (κ2) is 8.54. The maximum Gasteiger partial charge on any atom is 0.258 e. The van der Waals surface area contributed by atoms with Gasteiger partial charge in [0.2, 0.25) is 0 Å². The van der Waals surface area contributed by atoms with E-state index in [-0.39, 0.29) is 23.4 Å². The number of benzene rings is 2. The minimum Gasteiger partial charge on any atom is -0.497 e. The van der Waals surface area contributed by atoms with Crippen LogP contribution in [0.2, 0.25) is 0 Å². The van der Waals surface area contributed by atoms with E-state index >= 15 is 0 Å². The molecular weight excluding hydrogens is 352 g/mol. The second-order valence-corrected chi connectivity index (χ2v) is 8.01. The monoisotopic (exact) mass is 380 g/mol. The number of nitrogens with one attached hydrogen (secondary N) is 3. The van der Waals surface area contributed by atoms with Crippen molar-refractivity contribution in [2.24, 2.45) is 5.10 Å². The van der Waals surface area contributed by atoms with Gasteiger partial charge in [-0.3, -0.25) is 4.79 Å². The number of hydrazone groups is 1. The van der Waals surface area contributed by atoms with Gasteiger partial charge in [0.05, 0.1) is 13.3 Å². The molecule has 2 atom stereocenters. The molecule has 0 spiro atoms. The zero-order chi connectivity index (χ0) is 20.1. The van der Waals surface area contributed by atoms with Crippen molar-refractivity contribution >= 4 is 12.1 Å². The molecule has 1 saturated heterocycles. The van der Waals surface area contributed by atoms with E-state index in [1.165, 1.54) is 5.56 Å². The predicted molar refractivity (Wildman–Crippen MR) is 111 cm³/mol. The van der Waals surface area contributed by atoms with Crippen LogP contribution in [0.4, 0.5) is 0 Å². The molecule has 0 aliphatic carbocycles. The van der Waals surface area contributed by atoms with Gasteiger partial charge in [0.25, 0.3) is 5.91 Å². The maximum atomic E-state index is 12.4. The summed E-state index contributed by atoms with van der Waals surface area (Å²) in [7, 11) is 1.64. The van der Waals surface area contributed by atoms with Crippen LogP contribution in [0.25, 0.3) is 0 Å². The van der Waals surface area contributed by atoms with Crippen molar-refractivity contribution in [2.45, 2.75) is 44.7 Å². The number of rotatable bonds is 5. The Balaban J connectivity index is 1.51. The highest BCUT2D eigenvalue weighted by Crippen LogP contribution is 2.24. The van der Waals surface area contributed by atoms with E-state index in [0.29, 0.717) is 6.42 Å². The first-order valence-corrected chi connectivity index (χ1v) is 9.45. The summed E-state index contributed by atoms with van der Waals surface area (Å²) >= 11 is 0. The largest absolute Gasteiger partial charge is 0.497 e. The van der Waals surface area contributed by atoms with Crippen LogP contribution < -0.4 is 21.0 Å². The molecule has 0 saturated carbocycles. The van der Waals surface area contributed by atoms with E-state index in [1.54, 1.807) is 13.3 Å². The highest BCUT2D eigenvalue weighted by atomic mass is 16.5. The zero-order valence-electron chi connectivity index (χ0n) is 16.8. The molecule has 3 N–H and O–H groups in total. The lowest BCUT2D eigenvalue weighted by molar-refractivity contribution is -0.122. The lowest BCUT2D eigenvalue weighted by atomic mass is 9.87. The first-order valence-electron chi connectivity index (χ1n) is 9.45. The number of amides is 1. The molecule has 6 nitrogen and oxygen atoms in total. The lowest BCUT2D eigenvalue weighted by Crippen LogP contribution is -2.41. The summed E-state index contributed by atoms with van der Waals surface area (Å²) in [6.07, 6.45) is 2.31. The number of hydrogen-bond donors (Lipinski definition) is 3. The van der Waals surface area contributed by atoms with E-state index < -0.39 is 0 Å². The second-order valence-electron chi connectivity index (χ2n) is 8.01. The first-order chi connectivity index (χ1) is 13.4. The summed E-state index contributed by atoms with van der Waals surface area (Å²) in [5.41, 5.74) is 12.3. The van der Waals surface area contributed by atoms with Crippen LogP contribution in [0, 0.1) is 0 Å². The van der Waals surface area contributed by atoms with Crippen LogP contribution >= 0.6 is 0 Å². The van der Waals surface area contributed by atoms with Crippen LogP contribution in [0.15, 0.2) is 53.6 Å². The summed E-state index contributed by atoms with van der Waals surface area (Å²) in [4.78, 5) is 12.4. The van der Waals surface area contributed by atoms with Crippen LogP contribution in [0.5, 0.6) is 5.75 Å². The Labute approximate surface area is 166 Å². The van der Waals surface area contributed by atoms with Crippen molar-refractivity contribution < 1.29 is 9.53 Å². The Morgan fingerprint density at radius 2 is 1.79 bits per heavy atom. The maximum absolute atomic E-state index is 12.4. The molecule has 0 aromatic heterocycles. The van der Waals surface area contributed by atoms with Crippen LogP contribution in [-0.2, 0) is 10.2 Å². The average Bonchev–Trinajstić information content (AvgIpc) is 3.18. The van der Waals surface area contributed by atoms with Crippen molar-refractivity contribution in [2.75, 3.05) is 7.11 Å². The minimum absolute atomic E-state index is 0.0654. The third-order valence-electron chi connectivity index (χ3n) is 4.90. The van der Waals surface area contributed by atoms with Gasteiger partial charge in [-0.15, -0.1) is 0 Å². The van der Waals surface area contributed by atoms with E-state index in [9.17, 15) is 4.79 Å². The molecule has 1 heterocycles. The fourth-order valence-electron chi connectivity index (χ4n) is 3.10. The van der Waals surface area contributed by atoms with Gasteiger partial charge >= 0.3 is 0 Å². The molecule has 3 rings (SSSR count). The highest BCUT2D eigenvalue weighted by Gasteiger charge is 2.30. The third-order valence-corrected chi connectivity index (χ3v) is 4.90. The van der Waals surface area contributed by atoms with Gasteiger partial charge in [-0.25, -0.2) is 16.3 Å². The van der Waals surface area contributed by atoms with E-state index in [2.05, 4.69) is 54.3 Å². The molecule has 1 fully saturated rings. The summed E-state index contributed by atoms with van der Waals surface area (Å²) in [6.45, 7) is 6.54. The Kier molecular flexibility index (Phi) is 6.11. The van der Waals surface area contributed by atoms with Crippen molar-refractivity contribution in [1.29, 1.82) is 0 Å². The Morgan fingerprint density at radius 1 is 1.11 bits per heavy atom. The fourth-order valence-corrected chi connectivity index (χ4v) is 3.10. The Hall–Kier alpha value is -2.70. The number of carbonyl (C=O) groups is 1. The minimum atomic E-state index is -0.340. The standard InChI is InChI=1S/C22H28N4O2/c1-22(2,3)17-9-5-15(6-10-17)14-23-26-21(27)20-13-19(24-25-20)16-7-11-18(28-4)12-8-16/h5-12,14,19-20,24-25H,13H2,1-4H3,(H,26,27)/b23-14+. The molecule has 1 amide bonds. The number of hydrogen-bond acceptors (Lipinski definition) is 5. The lowest BCUT2D eigenvalue weighted by Gasteiger charge is -2.18. The van der Waals surface area contributed by atoms with Gasteiger partial charge in [0.15, 0.2) is 0 Å². The van der Waals surface area contributed by atoms with Crippen LogP contribution in [0.1, 0.15) is 49.9 Å². The summed E-state index contributed by atoms with van der Waals surface area (Å²) < 4.78 is 5.18. The molecule has 2 aromatic carbocycles. The smallest absolute Gasteiger partial charge is 0.258 e. The molecule has 0 bridgehead atoms. The van der Waals surface area contributed by atoms with Crippen molar-refractivity contribution in [3.63, 3.8) is 0 Å². The molecule has 1 aliphatic heterocycles. The van der Waals surface area contributed by atoms with Gasteiger partial charge in [-0.2, -0.15) is 5.10 Å². The number of ether oxygens (including phenoxy) is 1. The molecule has 28 heavy (non-hydrogen) atoms. The van der Waals surface area contributed by atoms with E-state index in [4.69, 9.17) is 4.74 Å². The topological polar surface area (TPSA) is 74.8 Å². The Bertz CT molecular complexity index is 823. The SMILES string of the molecule is COc1ccc(C2CC(C(=O)N/N=C/c3ccc(C(C)(C)C)cc3)NN2)cc1. The summed E-state index contributed by atoms with van der Waals surface area (Å²) in [5.74, 6) is 0.653. The fraction of sp³-hybridized carbons (Fsp3) is 0.364. The molecule has 0 radical (unpaired) electrons. The highest BCUT2D eigenvalue weighted by molar-refractivity contribution is 5.85. The molecule has 2 unspecified atom stereocenters. The van der Waals surface area contributed by atoms with Crippen LogP contribution in [-0.4, -0.2) is 25.3 Å². The van der Waals surface area contributed by atoms with Gasteiger partial charge < -0.3 is 4.74 Å². The van der Waals surface area contributed by atoms with Crippen molar-refractivity contribution in [3.8, 4) is 5.75 Å². The molecule has 2 aromatic rings. The molecular formula is C22H28N4O2. The zero-order valence-corrected chi connectivity index (χ0v) is 16.8. The van der Waals surface area contributed by atoms with Crippen LogP contribution in [0.3, 0.4) is 0 Å². The van der Waals surface area contributed by atoms with Crippen molar-refractivity contribution in [3.05, 3.63) is 65.2 Å². The normalized spacial score (nSPS) is 19.7. The van der Waals surface area contributed by atoms with Gasteiger partial charge in [-0.1, -0.05) is 57.2 Å². The number of nitrogens with zero attached hydrogens (tertiary/aromatic N) is 1. The van der Waals surface area contributed by atoms with E-state index in [1.807, 2.05) is 36.4 Å². The quantitative estimate of drug-likeness (QED) is 0.551. The Morgan fingerprint density at radius 3 is 2.39 bits per heavy atom. The third kappa shape index (κ3) is 4.97. The molecule has 1 aliphatic rings. The molecule has 6 heteroatoms. The van der Waals surface area contributed by atoms with E-state index in [0.717, 1.165) is 16.9 Å². The number of carbonyl (C=O) groups excluding carboxylic acids is 1. The summed E-state index contributed by atoms with van der Waals surface area (Å²) in [6, 6.07) is 15.7. The number of hydrazine groups is 1. The van der Waals surface area contributed by atoms with Gasteiger partial charge in [0, 0.05) is 6.04 Å². The first kappa shape index (κ1) is 20.0. The predicted octanol–water partition coefficient (Wildman–Crippen LogP) is 3.05. The van der Waals surface area contributed by atoms with Gasteiger partial charge in [-0.05, 0) is 40.7 Å². The van der Waals surface area contributed by atoms with Crippen molar-refractivity contribution in [1.82, 2.24) is 16.3 Å². The molecule has 148 valence electrons. The summed E-state index contributed by atoms with van der Waals surface area (Å²) in [5, 5.41) is 4.09. The van der Waals surface area contributed by atoms with Gasteiger partial charge in [0.1, 0.15) is 11.8 Å². The average molecular weight is 380 g/mol. The number of methoxy groups -OCH3 is 1.